The quantitative estimate of drug-likeness (QED) is 0.793. The first kappa shape index (κ1) is 15.7. The van der Waals surface area contributed by atoms with Gasteiger partial charge in [0.05, 0.1) is 0 Å². The second kappa shape index (κ2) is 7.95. The molecule has 1 aromatic carbocycles. The minimum absolute atomic E-state index is 0.129. The van der Waals surface area contributed by atoms with Crippen LogP contribution < -0.4 is 10.6 Å². The van der Waals surface area contributed by atoms with Crippen molar-refractivity contribution >= 4 is 5.91 Å². The van der Waals surface area contributed by atoms with E-state index >= 15 is 0 Å². The summed E-state index contributed by atoms with van der Waals surface area (Å²) in [4.78, 5) is 12.0. The number of likely N-dealkylation sites (N-methyl/N-ethyl adjacent to an activating group) is 1. The number of carbonyl (C=O) groups is 1. The van der Waals surface area contributed by atoms with Crippen LogP contribution in [0.4, 0.5) is 0 Å². The molecule has 0 spiro atoms. The van der Waals surface area contributed by atoms with Crippen molar-refractivity contribution in [1.29, 1.82) is 0 Å². The maximum absolute atomic E-state index is 12.0. The number of rotatable bonds is 7. The van der Waals surface area contributed by atoms with Crippen LogP contribution >= 0.6 is 0 Å². The Bertz CT molecular complexity index is 376. The van der Waals surface area contributed by atoms with E-state index in [9.17, 15) is 4.79 Å². The Hall–Kier alpha value is -1.35. The van der Waals surface area contributed by atoms with Crippen LogP contribution in [-0.2, 0) is 4.79 Å². The van der Waals surface area contributed by atoms with Gasteiger partial charge < -0.3 is 10.6 Å². The van der Waals surface area contributed by atoms with Crippen LogP contribution in [0.15, 0.2) is 30.3 Å². The smallest absolute Gasteiger partial charge is 0.220 e. The molecule has 0 fully saturated rings. The highest BCUT2D eigenvalue weighted by atomic mass is 16.1. The van der Waals surface area contributed by atoms with Gasteiger partial charge in [-0.15, -0.1) is 0 Å². The summed E-state index contributed by atoms with van der Waals surface area (Å²) < 4.78 is 0. The number of hydrogen-bond acceptors (Lipinski definition) is 2. The third-order valence-corrected chi connectivity index (χ3v) is 3.54. The van der Waals surface area contributed by atoms with Gasteiger partial charge >= 0.3 is 0 Å². The zero-order valence-corrected chi connectivity index (χ0v) is 12.4. The highest BCUT2D eigenvalue weighted by molar-refractivity contribution is 5.76. The normalized spacial score (nSPS) is 14.2. The standard InChI is InChI=1S/C16H26N2O/c1-12(2)15(14-8-6-5-7-9-14)10-16(19)18-11-13(3)17-4/h5-9,12-13,15,17H,10-11H2,1-4H3,(H,18,19). The molecule has 0 saturated carbocycles. The fourth-order valence-corrected chi connectivity index (χ4v) is 2.08. The molecule has 2 N–H and O–H groups in total. The molecule has 2 atom stereocenters. The van der Waals surface area contributed by atoms with Gasteiger partial charge in [0.1, 0.15) is 0 Å². The molecular formula is C16H26N2O. The summed E-state index contributed by atoms with van der Waals surface area (Å²) in [6, 6.07) is 10.6. The molecule has 19 heavy (non-hydrogen) atoms. The third kappa shape index (κ3) is 5.43. The van der Waals surface area contributed by atoms with Crippen molar-refractivity contribution in [2.24, 2.45) is 5.92 Å². The summed E-state index contributed by atoms with van der Waals surface area (Å²) >= 11 is 0. The Morgan fingerprint density at radius 3 is 2.32 bits per heavy atom. The largest absolute Gasteiger partial charge is 0.355 e. The lowest BCUT2D eigenvalue weighted by Gasteiger charge is -2.21. The van der Waals surface area contributed by atoms with E-state index in [0.717, 1.165) is 0 Å². The first-order valence-corrected chi connectivity index (χ1v) is 7.03. The number of carbonyl (C=O) groups excluding carboxylic acids is 1. The molecule has 2 unspecified atom stereocenters. The van der Waals surface area contributed by atoms with E-state index in [1.165, 1.54) is 5.56 Å². The second-order valence-corrected chi connectivity index (χ2v) is 5.46. The molecule has 0 aliphatic heterocycles. The molecule has 0 radical (unpaired) electrons. The van der Waals surface area contributed by atoms with Crippen LogP contribution in [0, 0.1) is 5.92 Å². The Balaban J connectivity index is 2.57. The molecule has 1 rings (SSSR count). The lowest BCUT2D eigenvalue weighted by Crippen LogP contribution is -2.37. The SMILES string of the molecule is CNC(C)CNC(=O)CC(c1ccccc1)C(C)C. The van der Waals surface area contributed by atoms with Gasteiger partial charge in [-0.2, -0.15) is 0 Å². The molecule has 106 valence electrons. The van der Waals surface area contributed by atoms with Gasteiger partial charge in [0.2, 0.25) is 5.91 Å². The highest BCUT2D eigenvalue weighted by Gasteiger charge is 2.19. The van der Waals surface area contributed by atoms with E-state index in [-0.39, 0.29) is 11.8 Å². The Morgan fingerprint density at radius 1 is 1.16 bits per heavy atom. The van der Waals surface area contributed by atoms with Gasteiger partial charge in [-0.25, -0.2) is 0 Å². The summed E-state index contributed by atoms with van der Waals surface area (Å²) in [5.41, 5.74) is 1.24. The van der Waals surface area contributed by atoms with Crippen LogP contribution in [-0.4, -0.2) is 25.5 Å². The van der Waals surface area contributed by atoms with Gasteiger partial charge in [-0.1, -0.05) is 44.2 Å². The molecule has 0 heterocycles. The van der Waals surface area contributed by atoms with Crippen molar-refractivity contribution in [2.75, 3.05) is 13.6 Å². The predicted molar refractivity (Wildman–Crippen MR) is 80.2 cm³/mol. The first-order chi connectivity index (χ1) is 9.04. The zero-order valence-electron chi connectivity index (χ0n) is 12.4. The maximum Gasteiger partial charge on any atom is 0.220 e. The number of hydrogen-bond donors (Lipinski definition) is 2. The van der Waals surface area contributed by atoms with E-state index in [1.807, 2.05) is 25.2 Å². The lowest BCUT2D eigenvalue weighted by atomic mass is 9.85. The molecule has 0 saturated heterocycles. The fourth-order valence-electron chi connectivity index (χ4n) is 2.08. The van der Waals surface area contributed by atoms with E-state index in [1.54, 1.807) is 0 Å². The Morgan fingerprint density at radius 2 is 1.79 bits per heavy atom. The van der Waals surface area contributed by atoms with Crippen LogP contribution in [0.2, 0.25) is 0 Å². The van der Waals surface area contributed by atoms with Gasteiger partial charge in [-0.3, -0.25) is 4.79 Å². The van der Waals surface area contributed by atoms with Crippen LogP contribution in [0.5, 0.6) is 0 Å². The van der Waals surface area contributed by atoms with Crippen LogP contribution in [0.1, 0.15) is 38.7 Å². The topological polar surface area (TPSA) is 41.1 Å². The van der Waals surface area contributed by atoms with Crippen molar-refractivity contribution in [3.05, 3.63) is 35.9 Å². The number of amides is 1. The molecule has 0 aliphatic rings. The molecule has 1 amide bonds. The molecule has 3 heteroatoms. The summed E-state index contributed by atoms with van der Waals surface area (Å²) in [5.74, 6) is 0.866. The van der Waals surface area contributed by atoms with Gasteiger partial charge in [0, 0.05) is 19.0 Å². The van der Waals surface area contributed by atoms with Crippen molar-refractivity contribution in [1.82, 2.24) is 10.6 Å². The molecule has 1 aromatic rings. The average molecular weight is 262 g/mol. The van der Waals surface area contributed by atoms with Gasteiger partial charge in [-0.05, 0) is 31.4 Å². The molecule has 3 nitrogen and oxygen atoms in total. The van der Waals surface area contributed by atoms with Crippen molar-refractivity contribution in [3.63, 3.8) is 0 Å². The van der Waals surface area contributed by atoms with E-state index < -0.39 is 0 Å². The molecule has 0 aromatic heterocycles. The second-order valence-electron chi connectivity index (χ2n) is 5.46. The summed E-state index contributed by atoms with van der Waals surface area (Å²) in [5, 5.41) is 6.10. The minimum atomic E-state index is 0.129. The van der Waals surface area contributed by atoms with E-state index in [2.05, 4.69) is 43.5 Å². The zero-order chi connectivity index (χ0) is 14.3. The molecular weight excluding hydrogens is 236 g/mol. The van der Waals surface area contributed by atoms with Crippen molar-refractivity contribution in [2.45, 2.75) is 39.2 Å². The third-order valence-electron chi connectivity index (χ3n) is 3.54. The van der Waals surface area contributed by atoms with Gasteiger partial charge in [0.25, 0.3) is 0 Å². The van der Waals surface area contributed by atoms with Crippen LogP contribution in [0.3, 0.4) is 0 Å². The Kier molecular flexibility index (Phi) is 6.57. The number of benzene rings is 1. The summed E-state index contributed by atoms with van der Waals surface area (Å²) in [7, 11) is 1.90. The maximum atomic E-state index is 12.0. The lowest BCUT2D eigenvalue weighted by molar-refractivity contribution is -0.121. The minimum Gasteiger partial charge on any atom is -0.355 e. The highest BCUT2D eigenvalue weighted by Crippen LogP contribution is 2.27. The predicted octanol–water partition coefficient (Wildman–Crippen LogP) is 2.54. The van der Waals surface area contributed by atoms with E-state index in [4.69, 9.17) is 0 Å². The Labute approximate surface area is 116 Å². The fraction of sp³-hybridized carbons (Fsp3) is 0.562. The monoisotopic (exact) mass is 262 g/mol. The van der Waals surface area contributed by atoms with Gasteiger partial charge in [0.15, 0.2) is 0 Å². The van der Waals surface area contributed by atoms with Crippen molar-refractivity contribution in [3.8, 4) is 0 Å². The molecule has 0 bridgehead atoms. The van der Waals surface area contributed by atoms with Crippen LogP contribution in [0.25, 0.3) is 0 Å². The average Bonchev–Trinajstić information content (AvgIpc) is 2.42. The summed E-state index contributed by atoms with van der Waals surface area (Å²) in [6.45, 7) is 7.06. The summed E-state index contributed by atoms with van der Waals surface area (Å²) in [6.07, 6.45) is 0.554. The number of nitrogens with one attached hydrogen (secondary N) is 2. The molecule has 0 aliphatic carbocycles. The first-order valence-electron chi connectivity index (χ1n) is 7.03. The van der Waals surface area contributed by atoms with Crippen molar-refractivity contribution < 1.29 is 4.79 Å². The van der Waals surface area contributed by atoms with E-state index in [0.29, 0.717) is 24.9 Å².